The van der Waals surface area contributed by atoms with Gasteiger partial charge in [-0.05, 0) is 44.7 Å². The number of aromatic nitrogens is 1. The molecule has 2 aliphatic heterocycles. The average Bonchev–Trinajstić information content (AvgIpc) is 2.72. The highest BCUT2D eigenvalue weighted by molar-refractivity contribution is 5.32. The fourth-order valence-electron chi connectivity index (χ4n) is 2.99. The molecule has 98 valence electrons. The Morgan fingerprint density at radius 3 is 2.83 bits per heavy atom. The van der Waals surface area contributed by atoms with Crippen LogP contribution in [0, 0.1) is 0 Å². The lowest BCUT2D eigenvalue weighted by Crippen LogP contribution is -2.42. The second-order valence-corrected chi connectivity index (χ2v) is 5.09. The first-order valence-corrected chi connectivity index (χ1v) is 6.85. The molecule has 0 amide bonds. The number of rotatable bonds is 4. The first-order chi connectivity index (χ1) is 8.85. The molecule has 4 nitrogen and oxygen atoms in total. The van der Waals surface area contributed by atoms with Crippen LogP contribution in [0.15, 0.2) is 18.3 Å². The molecule has 4 heteroatoms. The molecule has 2 saturated heterocycles. The summed E-state index contributed by atoms with van der Waals surface area (Å²) in [5.41, 5.74) is 0. The molecule has 18 heavy (non-hydrogen) atoms. The summed E-state index contributed by atoms with van der Waals surface area (Å²) >= 11 is 0. The quantitative estimate of drug-likeness (QED) is 0.886. The van der Waals surface area contributed by atoms with E-state index >= 15 is 0 Å². The van der Waals surface area contributed by atoms with E-state index in [-0.39, 0.29) is 6.10 Å². The van der Waals surface area contributed by atoms with Gasteiger partial charge in [-0.25, -0.2) is 4.98 Å². The van der Waals surface area contributed by atoms with Crippen LogP contribution in [-0.2, 0) is 0 Å². The van der Waals surface area contributed by atoms with Crippen molar-refractivity contribution < 1.29 is 9.47 Å². The van der Waals surface area contributed by atoms with Gasteiger partial charge in [0, 0.05) is 18.3 Å². The Balaban J connectivity index is 1.68. The van der Waals surface area contributed by atoms with Crippen molar-refractivity contribution in [1.29, 1.82) is 0 Å². The van der Waals surface area contributed by atoms with Crippen molar-refractivity contribution >= 4 is 0 Å². The summed E-state index contributed by atoms with van der Waals surface area (Å²) in [5, 5.41) is 3.61. The summed E-state index contributed by atoms with van der Waals surface area (Å²) in [6, 6.07) is 5.06. The van der Waals surface area contributed by atoms with Crippen LogP contribution in [0.4, 0.5) is 0 Å². The van der Waals surface area contributed by atoms with E-state index in [1.807, 2.05) is 19.1 Å². The number of hydrogen-bond acceptors (Lipinski definition) is 4. The smallest absolute Gasteiger partial charge is 0.257 e. The lowest BCUT2D eigenvalue weighted by molar-refractivity contribution is 0.125. The molecule has 2 bridgehead atoms. The maximum atomic E-state index is 6.04. The van der Waals surface area contributed by atoms with Gasteiger partial charge in [0.25, 0.3) is 5.88 Å². The zero-order valence-corrected chi connectivity index (χ0v) is 10.8. The molecule has 1 aromatic heterocycles. The molecule has 2 atom stereocenters. The summed E-state index contributed by atoms with van der Waals surface area (Å²) < 4.78 is 11.6. The van der Waals surface area contributed by atoms with Crippen LogP contribution in [0.5, 0.6) is 11.6 Å². The maximum absolute atomic E-state index is 6.04. The number of pyridine rings is 1. The lowest BCUT2D eigenvalue weighted by atomic mass is 10.0. The number of fused-ring (bicyclic) bond motifs is 2. The largest absolute Gasteiger partial charge is 0.488 e. The Hall–Kier alpha value is -1.29. The van der Waals surface area contributed by atoms with Gasteiger partial charge in [0.15, 0.2) is 5.75 Å². The minimum Gasteiger partial charge on any atom is -0.488 e. The van der Waals surface area contributed by atoms with Crippen LogP contribution in [0.25, 0.3) is 0 Å². The molecule has 3 heterocycles. The molecule has 0 radical (unpaired) electrons. The third-order valence-electron chi connectivity index (χ3n) is 3.74. The van der Waals surface area contributed by atoms with Crippen LogP contribution in [-0.4, -0.2) is 29.8 Å². The van der Waals surface area contributed by atoms with Crippen LogP contribution < -0.4 is 14.8 Å². The molecule has 0 saturated carbocycles. The molecular formula is C14H20N2O2. The van der Waals surface area contributed by atoms with Crippen LogP contribution >= 0.6 is 0 Å². The van der Waals surface area contributed by atoms with Gasteiger partial charge >= 0.3 is 0 Å². The molecular weight excluding hydrogens is 228 g/mol. The number of piperidine rings is 1. The molecule has 1 N–H and O–H groups in total. The van der Waals surface area contributed by atoms with E-state index < -0.39 is 0 Å². The highest BCUT2D eigenvalue weighted by Gasteiger charge is 2.34. The normalized spacial score (nSPS) is 30.2. The zero-order valence-electron chi connectivity index (χ0n) is 10.8. The van der Waals surface area contributed by atoms with Gasteiger partial charge in [-0.2, -0.15) is 0 Å². The Morgan fingerprint density at radius 1 is 1.33 bits per heavy atom. The van der Waals surface area contributed by atoms with E-state index in [0.717, 1.165) is 18.6 Å². The van der Waals surface area contributed by atoms with E-state index in [0.29, 0.717) is 24.6 Å². The number of nitrogens with zero attached hydrogens (tertiary/aromatic N) is 1. The van der Waals surface area contributed by atoms with Gasteiger partial charge in [0.2, 0.25) is 0 Å². The van der Waals surface area contributed by atoms with Gasteiger partial charge in [0.1, 0.15) is 6.10 Å². The van der Waals surface area contributed by atoms with Crippen LogP contribution in [0.1, 0.15) is 32.6 Å². The van der Waals surface area contributed by atoms with Gasteiger partial charge in [-0.1, -0.05) is 0 Å². The third-order valence-corrected chi connectivity index (χ3v) is 3.74. The van der Waals surface area contributed by atoms with E-state index in [1.165, 1.54) is 12.8 Å². The molecule has 2 fully saturated rings. The van der Waals surface area contributed by atoms with Gasteiger partial charge < -0.3 is 14.8 Å². The molecule has 0 spiro atoms. The average molecular weight is 248 g/mol. The lowest BCUT2D eigenvalue weighted by Gasteiger charge is -2.29. The minimum absolute atomic E-state index is 0.276. The number of ether oxygens (including phenoxy) is 2. The van der Waals surface area contributed by atoms with Crippen molar-refractivity contribution in [3.8, 4) is 11.6 Å². The van der Waals surface area contributed by atoms with E-state index in [1.54, 1.807) is 6.20 Å². The fraction of sp³-hybridized carbons (Fsp3) is 0.643. The number of nitrogens with one attached hydrogen (secondary N) is 1. The zero-order chi connectivity index (χ0) is 12.4. The Kier molecular flexibility index (Phi) is 3.37. The third kappa shape index (κ3) is 2.43. The highest BCUT2D eigenvalue weighted by Crippen LogP contribution is 2.32. The molecule has 2 unspecified atom stereocenters. The van der Waals surface area contributed by atoms with E-state index in [9.17, 15) is 0 Å². The second kappa shape index (κ2) is 5.14. The summed E-state index contributed by atoms with van der Waals surface area (Å²) in [6.45, 7) is 2.61. The molecule has 0 aliphatic carbocycles. The Bertz CT molecular complexity index is 399. The van der Waals surface area contributed by atoms with Crippen molar-refractivity contribution in [3.63, 3.8) is 0 Å². The van der Waals surface area contributed by atoms with Crippen molar-refractivity contribution in [2.75, 3.05) is 6.61 Å². The van der Waals surface area contributed by atoms with Gasteiger partial charge in [-0.3, -0.25) is 0 Å². The first-order valence-electron chi connectivity index (χ1n) is 6.85. The Labute approximate surface area is 108 Å². The van der Waals surface area contributed by atoms with Crippen LogP contribution in [0.2, 0.25) is 0 Å². The van der Waals surface area contributed by atoms with Crippen LogP contribution in [0.3, 0.4) is 0 Å². The van der Waals surface area contributed by atoms with Crippen molar-refractivity contribution in [2.45, 2.75) is 50.8 Å². The van der Waals surface area contributed by atoms with Gasteiger partial charge in [0.05, 0.1) is 6.61 Å². The summed E-state index contributed by atoms with van der Waals surface area (Å²) in [7, 11) is 0. The van der Waals surface area contributed by atoms with E-state index in [4.69, 9.17) is 9.47 Å². The second-order valence-electron chi connectivity index (χ2n) is 5.09. The molecule has 0 aromatic carbocycles. The van der Waals surface area contributed by atoms with Gasteiger partial charge in [-0.15, -0.1) is 0 Å². The predicted molar refractivity (Wildman–Crippen MR) is 69.0 cm³/mol. The molecule has 1 aromatic rings. The summed E-state index contributed by atoms with van der Waals surface area (Å²) in [4.78, 5) is 4.29. The number of hydrogen-bond donors (Lipinski definition) is 1. The first kappa shape index (κ1) is 11.8. The van der Waals surface area contributed by atoms with Crippen molar-refractivity contribution in [3.05, 3.63) is 18.3 Å². The molecule has 2 aliphatic rings. The standard InChI is InChI=1S/C14H20N2O2/c1-2-17-13-4-3-7-15-14(13)18-12-8-10-5-6-11(9-12)16-10/h3-4,7,10-12,16H,2,5-6,8-9H2,1H3. The molecule has 3 rings (SSSR count). The van der Waals surface area contributed by atoms with Crippen molar-refractivity contribution in [2.24, 2.45) is 0 Å². The minimum atomic E-state index is 0.276. The fourth-order valence-corrected chi connectivity index (χ4v) is 2.99. The summed E-state index contributed by atoms with van der Waals surface area (Å²) in [5.74, 6) is 1.40. The van der Waals surface area contributed by atoms with Crippen molar-refractivity contribution in [1.82, 2.24) is 10.3 Å². The maximum Gasteiger partial charge on any atom is 0.257 e. The Morgan fingerprint density at radius 2 is 2.11 bits per heavy atom. The summed E-state index contributed by atoms with van der Waals surface area (Å²) in [6.07, 6.45) is 6.76. The SMILES string of the molecule is CCOc1cccnc1OC1CC2CCC(C1)N2. The topological polar surface area (TPSA) is 43.4 Å². The van der Waals surface area contributed by atoms with E-state index in [2.05, 4.69) is 10.3 Å². The monoisotopic (exact) mass is 248 g/mol. The highest BCUT2D eigenvalue weighted by atomic mass is 16.5. The predicted octanol–water partition coefficient (Wildman–Crippen LogP) is 2.14.